The minimum Gasteiger partial charge on any atom is -0.376 e. The summed E-state index contributed by atoms with van der Waals surface area (Å²) < 4.78 is 31.1. The van der Waals surface area contributed by atoms with E-state index in [4.69, 9.17) is 4.74 Å². The second kappa shape index (κ2) is 7.94. The fraction of sp³-hybridized carbons (Fsp3) is 0.550. The molecule has 1 amide bonds. The average molecular weight is 406 g/mol. The minimum atomic E-state index is -3.72. The fourth-order valence-electron chi connectivity index (χ4n) is 4.22. The van der Waals surface area contributed by atoms with Gasteiger partial charge in [-0.3, -0.25) is 4.79 Å². The molecule has 7 nitrogen and oxygen atoms in total. The molecule has 8 heteroatoms. The number of sulfonamides is 1. The standard InChI is InChI=1S/C20H27N3O4S/c1-14-8-10-16(11-9-14)28(25,26)22-21-19-17-6-2-3-7-18(17)20(24)23(19)13-15-5-4-12-27-15/h8-11,15,19,21-22H,2-7,12-13H2,1H3/t15-,19+/m0/s1. The molecule has 1 saturated heterocycles. The van der Waals surface area contributed by atoms with E-state index >= 15 is 0 Å². The molecule has 0 radical (unpaired) electrons. The highest BCUT2D eigenvalue weighted by Gasteiger charge is 2.41. The van der Waals surface area contributed by atoms with Gasteiger partial charge in [-0.05, 0) is 63.2 Å². The van der Waals surface area contributed by atoms with Crippen LogP contribution in [0.5, 0.6) is 0 Å². The Morgan fingerprint density at radius 1 is 1.14 bits per heavy atom. The highest BCUT2D eigenvalue weighted by Crippen LogP contribution is 2.36. The molecule has 2 aliphatic heterocycles. The van der Waals surface area contributed by atoms with Gasteiger partial charge in [-0.15, -0.1) is 4.83 Å². The maximum absolute atomic E-state index is 13.0. The second-order valence-corrected chi connectivity index (χ2v) is 9.45. The van der Waals surface area contributed by atoms with Crippen molar-refractivity contribution in [3.8, 4) is 0 Å². The average Bonchev–Trinajstić information content (AvgIpc) is 3.29. The zero-order valence-electron chi connectivity index (χ0n) is 16.1. The first kappa shape index (κ1) is 19.6. The Kier molecular flexibility index (Phi) is 5.55. The minimum absolute atomic E-state index is 0.0113. The summed E-state index contributed by atoms with van der Waals surface area (Å²) >= 11 is 0. The lowest BCUT2D eigenvalue weighted by molar-refractivity contribution is -0.129. The van der Waals surface area contributed by atoms with Crippen molar-refractivity contribution in [2.45, 2.75) is 62.6 Å². The van der Waals surface area contributed by atoms with Crippen LogP contribution < -0.4 is 10.3 Å². The molecule has 0 saturated carbocycles. The lowest BCUT2D eigenvalue weighted by Crippen LogP contribution is -2.54. The molecular weight excluding hydrogens is 378 g/mol. The Bertz CT molecular complexity index is 873. The smallest absolute Gasteiger partial charge is 0.253 e. The molecular formula is C20H27N3O4S. The normalized spacial score (nSPS) is 25.5. The summed E-state index contributed by atoms with van der Waals surface area (Å²) in [6.45, 7) is 3.11. The summed E-state index contributed by atoms with van der Waals surface area (Å²) in [5, 5.41) is 0. The Morgan fingerprint density at radius 2 is 1.89 bits per heavy atom. The molecule has 1 aromatic rings. The molecule has 3 aliphatic rings. The first-order chi connectivity index (χ1) is 13.5. The lowest BCUT2D eigenvalue weighted by atomic mass is 9.92. The monoisotopic (exact) mass is 405 g/mol. The summed E-state index contributed by atoms with van der Waals surface area (Å²) in [5.41, 5.74) is 5.79. The molecule has 2 N–H and O–H groups in total. The number of aryl methyl sites for hydroxylation is 1. The van der Waals surface area contributed by atoms with E-state index in [1.54, 1.807) is 29.2 Å². The van der Waals surface area contributed by atoms with Gasteiger partial charge in [-0.2, -0.15) is 0 Å². The van der Waals surface area contributed by atoms with E-state index in [1.165, 1.54) is 0 Å². The molecule has 2 atom stereocenters. The number of carbonyl (C=O) groups is 1. The zero-order chi connectivity index (χ0) is 19.7. The number of rotatable bonds is 6. The van der Waals surface area contributed by atoms with Gasteiger partial charge in [0.25, 0.3) is 15.9 Å². The maximum atomic E-state index is 13.0. The first-order valence-electron chi connectivity index (χ1n) is 9.94. The van der Waals surface area contributed by atoms with Gasteiger partial charge in [-0.1, -0.05) is 17.7 Å². The third-order valence-corrected chi connectivity index (χ3v) is 7.04. The molecule has 0 bridgehead atoms. The molecule has 1 fully saturated rings. The van der Waals surface area contributed by atoms with E-state index in [0.29, 0.717) is 6.54 Å². The van der Waals surface area contributed by atoms with Crippen LogP contribution in [0.2, 0.25) is 0 Å². The van der Waals surface area contributed by atoms with Gasteiger partial charge < -0.3 is 9.64 Å². The highest BCUT2D eigenvalue weighted by atomic mass is 32.2. The fourth-order valence-corrected chi connectivity index (χ4v) is 5.10. The number of nitrogens with one attached hydrogen (secondary N) is 2. The van der Waals surface area contributed by atoms with E-state index in [9.17, 15) is 13.2 Å². The van der Waals surface area contributed by atoms with E-state index in [2.05, 4.69) is 10.3 Å². The Labute approximate surface area is 166 Å². The predicted molar refractivity (Wildman–Crippen MR) is 105 cm³/mol. The molecule has 0 unspecified atom stereocenters. The van der Waals surface area contributed by atoms with Crippen LogP contribution in [0.3, 0.4) is 0 Å². The lowest BCUT2D eigenvalue weighted by Gasteiger charge is -2.30. The number of carbonyl (C=O) groups excluding carboxylic acids is 1. The van der Waals surface area contributed by atoms with E-state index in [-0.39, 0.29) is 16.9 Å². The Morgan fingerprint density at radius 3 is 2.61 bits per heavy atom. The van der Waals surface area contributed by atoms with Crippen molar-refractivity contribution in [3.05, 3.63) is 41.0 Å². The van der Waals surface area contributed by atoms with Crippen LogP contribution in [0.15, 0.2) is 40.3 Å². The SMILES string of the molecule is Cc1ccc(S(=O)(=O)NN[C@H]2C3=C(CCCC3)C(=O)N2C[C@@H]2CCCO2)cc1. The van der Waals surface area contributed by atoms with Crippen LogP contribution in [-0.2, 0) is 19.6 Å². The number of amides is 1. The Hall–Kier alpha value is -1.74. The van der Waals surface area contributed by atoms with Crippen LogP contribution in [0.1, 0.15) is 44.1 Å². The molecule has 1 aliphatic carbocycles. The van der Waals surface area contributed by atoms with Gasteiger partial charge in [0.1, 0.15) is 6.17 Å². The second-order valence-electron chi connectivity index (χ2n) is 7.77. The van der Waals surface area contributed by atoms with Gasteiger partial charge in [0, 0.05) is 18.7 Å². The number of ether oxygens (including phenoxy) is 1. The molecule has 28 heavy (non-hydrogen) atoms. The maximum Gasteiger partial charge on any atom is 0.253 e. The summed E-state index contributed by atoms with van der Waals surface area (Å²) in [6.07, 6.45) is 5.08. The van der Waals surface area contributed by atoms with Crippen molar-refractivity contribution in [3.63, 3.8) is 0 Å². The van der Waals surface area contributed by atoms with Crippen molar-refractivity contribution >= 4 is 15.9 Å². The van der Waals surface area contributed by atoms with Crippen molar-refractivity contribution in [2.24, 2.45) is 0 Å². The quantitative estimate of drug-likeness (QED) is 0.707. The third-order valence-electron chi connectivity index (χ3n) is 5.76. The number of nitrogens with zero attached hydrogens (tertiary/aromatic N) is 1. The first-order valence-corrected chi connectivity index (χ1v) is 11.4. The highest BCUT2D eigenvalue weighted by molar-refractivity contribution is 7.89. The number of hydrogen-bond donors (Lipinski definition) is 2. The number of benzene rings is 1. The van der Waals surface area contributed by atoms with Crippen LogP contribution in [0.25, 0.3) is 0 Å². The van der Waals surface area contributed by atoms with Crippen molar-refractivity contribution < 1.29 is 17.9 Å². The van der Waals surface area contributed by atoms with Crippen molar-refractivity contribution in [1.82, 2.24) is 15.2 Å². The zero-order valence-corrected chi connectivity index (χ0v) is 16.9. The van der Waals surface area contributed by atoms with Crippen molar-refractivity contribution in [1.29, 1.82) is 0 Å². The van der Waals surface area contributed by atoms with Crippen LogP contribution in [0.4, 0.5) is 0 Å². The topological polar surface area (TPSA) is 87.7 Å². The molecule has 4 rings (SSSR count). The van der Waals surface area contributed by atoms with Crippen molar-refractivity contribution in [2.75, 3.05) is 13.2 Å². The largest absolute Gasteiger partial charge is 0.376 e. The van der Waals surface area contributed by atoms with Crippen LogP contribution in [0, 0.1) is 6.92 Å². The molecule has 2 heterocycles. The molecule has 0 spiro atoms. The van der Waals surface area contributed by atoms with E-state index < -0.39 is 16.2 Å². The summed E-state index contributed by atoms with van der Waals surface area (Å²) in [5.74, 6) is 0.0113. The van der Waals surface area contributed by atoms with Gasteiger partial charge in [0.05, 0.1) is 11.0 Å². The van der Waals surface area contributed by atoms with Gasteiger partial charge in [0.2, 0.25) is 0 Å². The molecule has 152 valence electrons. The van der Waals surface area contributed by atoms with Gasteiger partial charge in [0.15, 0.2) is 0 Å². The predicted octanol–water partition coefficient (Wildman–Crippen LogP) is 2.00. The number of hydrazine groups is 1. The van der Waals surface area contributed by atoms with Crippen LogP contribution >= 0.6 is 0 Å². The van der Waals surface area contributed by atoms with E-state index in [1.807, 2.05) is 6.92 Å². The Balaban J connectivity index is 1.53. The summed E-state index contributed by atoms with van der Waals surface area (Å²) in [4.78, 5) is 17.4. The van der Waals surface area contributed by atoms with Gasteiger partial charge in [-0.25, -0.2) is 13.8 Å². The summed E-state index contributed by atoms with van der Waals surface area (Å²) in [6, 6.07) is 6.68. The van der Waals surface area contributed by atoms with E-state index in [0.717, 1.165) is 61.8 Å². The summed E-state index contributed by atoms with van der Waals surface area (Å²) in [7, 11) is -3.72. The van der Waals surface area contributed by atoms with Gasteiger partial charge >= 0.3 is 0 Å². The number of hydrogen-bond acceptors (Lipinski definition) is 5. The molecule has 1 aromatic carbocycles. The molecule has 0 aromatic heterocycles. The van der Waals surface area contributed by atoms with Crippen LogP contribution in [-0.4, -0.2) is 44.6 Å². The third kappa shape index (κ3) is 3.87.